The van der Waals surface area contributed by atoms with Crippen molar-refractivity contribution in [2.75, 3.05) is 7.11 Å². The van der Waals surface area contributed by atoms with Crippen LogP contribution in [0.3, 0.4) is 0 Å². The van der Waals surface area contributed by atoms with Crippen molar-refractivity contribution < 1.29 is 17.9 Å². The molecule has 0 radical (unpaired) electrons. The van der Waals surface area contributed by atoms with Gasteiger partial charge in [-0.15, -0.1) is 12.4 Å². The van der Waals surface area contributed by atoms with E-state index in [4.69, 9.17) is 4.74 Å². The largest absolute Gasteiger partial charge is 0.465 e. The van der Waals surface area contributed by atoms with Crippen LogP contribution in [0, 0.1) is 6.92 Å². The van der Waals surface area contributed by atoms with E-state index >= 15 is 0 Å². The molecule has 0 fully saturated rings. The number of hydrogen-bond acceptors (Lipinski definition) is 5. The first kappa shape index (κ1) is 20.4. The van der Waals surface area contributed by atoms with Crippen LogP contribution in [-0.4, -0.2) is 21.5 Å². The summed E-state index contributed by atoms with van der Waals surface area (Å²) in [6, 6.07) is 10.5. The summed E-state index contributed by atoms with van der Waals surface area (Å²) in [5.74, 6) is -0.555. The predicted octanol–water partition coefficient (Wildman–Crippen LogP) is 2.29. The number of methoxy groups -OCH3 is 1. The van der Waals surface area contributed by atoms with E-state index < -0.39 is 16.0 Å². The summed E-state index contributed by atoms with van der Waals surface area (Å²) in [6.07, 6.45) is 0. The minimum Gasteiger partial charge on any atom is -0.465 e. The van der Waals surface area contributed by atoms with Crippen LogP contribution in [0.15, 0.2) is 41.3 Å². The summed E-state index contributed by atoms with van der Waals surface area (Å²) in [5.41, 5.74) is 3.95. The van der Waals surface area contributed by atoms with Crippen molar-refractivity contribution in [3.8, 4) is 0 Å². The molecule has 0 atom stereocenters. The van der Waals surface area contributed by atoms with Crippen LogP contribution in [0.4, 0.5) is 0 Å². The Morgan fingerprint density at radius 1 is 1.19 bits per heavy atom. The normalized spacial score (nSPS) is 13.0. The van der Waals surface area contributed by atoms with E-state index in [1.165, 1.54) is 30.4 Å². The van der Waals surface area contributed by atoms with Gasteiger partial charge in [0.1, 0.15) is 0 Å². The molecule has 0 saturated heterocycles. The first-order valence-electron chi connectivity index (χ1n) is 7.91. The average molecular weight is 397 g/mol. The molecule has 1 aliphatic heterocycles. The van der Waals surface area contributed by atoms with Gasteiger partial charge in [-0.1, -0.05) is 24.3 Å². The molecule has 0 spiro atoms. The lowest BCUT2D eigenvalue weighted by Crippen LogP contribution is -2.24. The molecule has 0 bridgehead atoms. The Morgan fingerprint density at radius 3 is 2.65 bits per heavy atom. The Morgan fingerprint density at radius 2 is 1.92 bits per heavy atom. The zero-order valence-electron chi connectivity index (χ0n) is 14.5. The van der Waals surface area contributed by atoms with E-state index in [0.717, 1.165) is 18.7 Å². The highest BCUT2D eigenvalue weighted by molar-refractivity contribution is 7.89. The smallest absolute Gasteiger partial charge is 0.338 e. The van der Waals surface area contributed by atoms with E-state index in [-0.39, 0.29) is 29.4 Å². The molecule has 2 aromatic carbocycles. The van der Waals surface area contributed by atoms with Gasteiger partial charge in [0.05, 0.1) is 17.6 Å². The molecule has 1 heterocycles. The van der Waals surface area contributed by atoms with Crippen molar-refractivity contribution in [3.05, 3.63) is 64.2 Å². The fraction of sp³-hybridized carbons (Fsp3) is 0.278. The Hall–Kier alpha value is -1.93. The lowest BCUT2D eigenvalue weighted by molar-refractivity contribution is 0.0599. The van der Waals surface area contributed by atoms with Crippen molar-refractivity contribution in [2.24, 2.45) is 0 Å². The van der Waals surface area contributed by atoms with Crippen LogP contribution in [0.1, 0.15) is 32.6 Å². The van der Waals surface area contributed by atoms with Gasteiger partial charge in [0.25, 0.3) is 0 Å². The van der Waals surface area contributed by atoms with Gasteiger partial charge in [0, 0.05) is 19.6 Å². The number of halogens is 1. The molecule has 8 heteroatoms. The van der Waals surface area contributed by atoms with Gasteiger partial charge in [-0.2, -0.15) is 0 Å². The molecule has 0 aromatic heterocycles. The molecule has 3 rings (SSSR count). The van der Waals surface area contributed by atoms with Crippen LogP contribution in [0.25, 0.3) is 0 Å². The van der Waals surface area contributed by atoms with Gasteiger partial charge in [-0.3, -0.25) is 0 Å². The highest BCUT2D eigenvalue weighted by Gasteiger charge is 2.21. The van der Waals surface area contributed by atoms with Gasteiger partial charge in [-0.25, -0.2) is 17.9 Å². The monoisotopic (exact) mass is 396 g/mol. The van der Waals surface area contributed by atoms with E-state index in [0.29, 0.717) is 5.56 Å². The Bertz CT molecular complexity index is 929. The zero-order chi connectivity index (χ0) is 18.0. The Balaban J connectivity index is 0.00000243. The van der Waals surface area contributed by atoms with Crippen molar-refractivity contribution in [1.82, 2.24) is 10.0 Å². The van der Waals surface area contributed by atoms with Crippen LogP contribution >= 0.6 is 12.4 Å². The highest BCUT2D eigenvalue weighted by Crippen LogP contribution is 2.21. The number of carbonyl (C=O) groups is 1. The molecule has 26 heavy (non-hydrogen) atoms. The predicted molar refractivity (Wildman–Crippen MR) is 101 cm³/mol. The molecule has 0 amide bonds. The third-order valence-electron chi connectivity index (χ3n) is 4.35. The van der Waals surface area contributed by atoms with Gasteiger partial charge >= 0.3 is 5.97 Å². The fourth-order valence-electron chi connectivity index (χ4n) is 2.95. The molecule has 2 aromatic rings. The first-order chi connectivity index (χ1) is 11.9. The van der Waals surface area contributed by atoms with Gasteiger partial charge in [-0.05, 0) is 41.3 Å². The number of rotatable bonds is 5. The third kappa shape index (κ3) is 4.07. The summed E-state index contributed by atoms with van der Waals surface area (Å²) in [5, 5.41) is 3.26. The first-order valence-corrected chi connectivity index (χ1v) is 9.39. The van der Waals surface area contributed by atoms with Gasteiger partial charge in [0.2, 0.25) is 10.0 Å². The SMILES string of the molecule is COC(=O)c1cccc(S(=O)(=O)NCc2ccc3c(c2)CNC3)c1C.Cl. The molecule has 1 aliphatic rings. The van der Waals surface area contributed by atoms with E-state index in [1.807, 2.05) is 18.2 Å². The number of sulfonamides is 1. The molecule has 0 aliphatic carbocycles. The van der Waals surface area contributed by atoms with Crippen molar-refractivity contribution in [1.29, 1.82) is 0 Å². The Kier molecular flexibility index (Phi) is 6.41. The van der Waals surface area contributed by atoms with Gasteiger partial charge in [0.15, 0.2) is 0 Å². The minimum absolute atomic E-state index is 0. The molecule has 6 nitrogen and oxygen atoms in total. The summed E-state index contributed by atoms with van der Waals surface area (Å²) in [6.45, 7) is 3.44. The second-order valence-corrected chi connectivity index (χ2v) is 7.69. The average Bonchev–Trinajstić information content (AvgIpc) is 3.07. The number of fused-ring (bicyclic) bond motifs is 1. The second-order valence-electron chi connectivity index (χ2n) is 5.95. The fourth-order valence-corrected chi connectivity index (χ4v) is 4.23. The molecule has 0 unspecified atom stereocenters. The summed E-state index contributed by atoms with van der Waals surface area (Å²) in [7, 11) is -2.47. The third-order valence-corrected chi connectivity index (χ3v) is 5.89. The molecule has 2 N–H and O–H groups in total. The van der Waals surface area contributed by atoms with Gasteiger partial charge < -0.3 is 10.1 Å². The standard InChI is InChI=1S/C18H20N2O4S.ClH/c1-12-16(18(21)24-2)4-3-5-17(12)25(22,23)20-9-13-6-7-14-10-19-11-15(14)8-13;/h3-8,19-20H,9-11H2,1-2H3;1H. The topological polar surface area (TPSA) is 84.5 Å². The second kappa shape index (κ2) is 8.18. The number of ether oxygens (including phenoxy) is 1. The number of hydrogen-bond donors (Lipinski definition) is 2. The number of esters is 1. The lowest BCUT2D eigenvalue weighted by atomic mass is 10.1. The highest BCUT2D eigenvalue weighted by atomic mass is 35.5. The zero-order valence-corrected chi connectivity index (χ0v) is 16.2. The van der Waals surface area contributed by atoms with Crippen LogP contribution in [0.2, 0.25) is 0 Å². The summed E-state index contributed by atoms with van der Waals surface area (Å²) < 4.78 is 32.6. The number of carbonyl (C=O) groups excluding carboxylic acids is 1. The van der Waals surface area contributed by atoms with E-state index in [2.05, 4.69) is 10.0 Å². The molecule has 0 saturated carbocycles. The minimum atomic E-state index is -3.74. The summed E-state index contributed by atoms with van der Waals surface area (Å²) in [4.78, 5) is 11.8. The maximum Gasteiger partial charge on any atom is 0.338 e. The lowest BCUT2D eigenvalue weighted by Gasteiger charge is -2.12. The number of benzene rings is 2. The summed E-state index contributed by atoms with van der Waals surface area (Å²) >= 11 is 0. The van der Waals surface area contributed by atoms with Crippen LogP contribution < -0.4 is 10.0 Å². The maximum atomic E-state index is 12.6. The van der Waals surface area contributed by atoms with Crippen molar-refractivity contribution >= 4 is 28.4 Å². The van der Waals surface area contributed by atoms with E-state index in [9.17, 15) is 13.2 Å². The number of nitrogens with one attached hydrogen (secondary N) is 2. The van der Waals surface area contributed by atoms with Crippen molar-refractivity contribution in [2.45, 2.75) is 31.5 Å². The quantitative estimate of drug-likeness (QED) is 0.757. The van der Waals surface area contributed by atoms with E-state index in [1.54, 1.807) is 13.0 Å². The van der Waals surface area contributed by atoms with Crippen LogP contribution in [0.5, 0.6) is 0 Å². The molecular weight excluding hydrogens is 376 g/mol. The Labute approximate surface area is 159 Å². The van der Waals surface area contributed by atoms with Crippen molar-refractivity contribution in [3.63, 3.8) is 0 Å². The van der Waals surface area contributed by atoms with Crippen LogP contribution in [-0.2, 0) is 34.4 Å². The molecule has 140 valence electrons. The molecular formula is C18H21ClN2O4S. The maximum absolute atomic E-state index is 12.6.